The minimum Gasteiger partial charge on any atom is -0.477 e. The summed E-state index contributed by atoms with van der Waals surface area (Å²) in [6, 6.07) is 15.1. The summed E-state index contributed by atoms with van der Waals surface area (Å²) in [6.07, 6.45) is 1.56. The third-order valence-corrected chi connectivity index (χ3v) is 3.87. The summed E-state index contributed by atoms with van der Waals surface area (Å²) in [5.41, 5.74) is 1.36. The number of carbonyl (C=O) groups is 1. The minimum atomic E-state index is -1.04. The third kappa shape index (κ3) is 3.38. The number of carboxylic acid groups (broad SMARTS) is 1. The minimum absolute atomic E-state index is 0.0224. The summed E-state index contributed by atoms with van der Waals surface area (Å²) in [7, 11) is 0. The summed E-state index contributed by atoms with van der Waals surface area (Å²) in [6.45, 7) is 6.50. The molecular weight excluding hydrogens is 302 g/mol. The van der Waals surface area contributed by atoms with E-state index in [9.17, 15) is 4.79 Å². The number of hydrogen-bond acceptors (Lipinski definition) is 3. The van der Waals surface area contributed by atoms with Crippen molar-refractivity contribution in [1.82, 2.24) is 4.98 Å². The molecule has 3 aromatic rings. The fourth-order valence-electron chi connectivity index (χ4n) is 2.46. The van der Waals surface area contributed by atoms with E-state index in [1.807, 2.05) is 30.3 Å². The normalized spacial score (nSPS) is 11.5. The van der Waals surface area contributed by atoms with Gasteiger partial charge in [-0.25, -0.2) is 9.78 Å². The van der Waals surface area contributed by atoms with Crippen molar-refractivity contribution in [3.8, 4) is 11.5 Å². The van der Waals surface area contributed by atoms with Gasteiger partial charge in [0.05, 0.1) is 0 Å². The molecule has 0 saturated carbocycles. The van der Waals surface area contributed by atoms with Gasteiger partial charge >= 0.3 is 5.97 Å². The standard InChI is InChI=1S/C20H19NO3/c1-20(2,3)15-5-8-16(9-6-15)24-17-7-4-13-12-21-18(19(22)23)11-14(13)10-17/h4-12H,1-3H3,(H,22,23). The smallest absolute Gasteiger partial charge is 0.354 e. The van der Waals surface area contributed by atoms with Crippen molar-refractivity contribution in [1.29, 1.82) is 0 Å². The summed E-state index contributed by atoms with van der Waals surface area (Å²) in [5.74, 6) is 0.365. The van der Waals surface area contributed by atoms with Gasteiger partial charge in [-0.1, -0.05) is 32.9 Å². The quantitative estimate of drug-likeness (QED) is 0.735. The highest BCUT2D eigenvalue weighted by molar-refractivity contribution is 5.92. The Bertz CT molecular complexity index is 893. The molecule has 4 heteroatoms. The molecule has 24 heavy (non-hydrogen) atoms. The van der Waals surface area contributed by atoms with Gasteiger partial charge in [-0.05, 0) is 52.8 Å². The second-order valence-corrected chi connectivity index (χ2v) is 6.76. The van der Waals surface area contributed by atoms with Gasteiger partial charge in [0.1, 0.15) is 17.2 Å². The number of carboxylic acids is 1. The van der Waals surface area contributed by atoms with Crippen LogP contribution in [0.2, 0.25) is 0 Å². The van der Waals surface area contributed by atoms with E-state index < -0.39 is 5.97 Å². The van der Waals surface area contributed by atoms with Crippen molar-refractivity contribution in [3.05, 3.63) is 66.0 Å². The molecule has 0 spiro atoms. The second-order valence-electron chi connectivity index (χ2n) is 6.76. The number of benzene rings is 2. The zero-order chi connectivity index (χ0) is 17.3. The van der Waals surface area contributed by atoms with Crippen molar-refractivity contribution < 1.29 is 14.6 Å². The molecule has 0 atom stereocenters. The molecule has 0 aliphatic rings. The number of aromatic nitrogens is 1. The summed E-state index contributed by atoms with van der Waals surface area (Å²) in [4.78, 5) is 15.0. The Hall–Kier alpha value is -2.88. The molecule has 122 valence electrons. The number of rotatable bonds is 3. The summed E-state index contributed by atoms with van der Waals surface area (Å²) >= 11 is 0. The Labute approximate surface area is 140 Å². The largest absolute Gasteiger partial charge is 0.477 e. The van der Waals surface area contributed by atoms with Gasteiger partial charge in [0.2, 0.25) is 0 Å². The maximum absolute atomic E-state index is 11.0. The first kappa shape index (κ1) is 16.0. The topological polar surface area (TPSA) is 59.4 Å². The fraction of sp³-hybridized carbons (Fsp3) is 0.200. The lowest BCUT2D eigenvalue weighted by atomic mass is 9.87. The van der Waals surface area contributed by atoms with Crippen LogP contribution in [0.4, 0.5) is 0 Å². The number of aromatic carboxylic acids is 1. The molecule has 0 unspecified atom stereocenters. The highest BCUT2D eigenvalue weighted by atomic mass is 16.5. The van der Waals surface area contributed by atoms with Crippen LogP contribution in [-0.4, -0.2) is 16.1 Å². The molecule has 0 aliphatic carbocycles. The van der Waals surface area contributed by atoms with E-state index in [4.69, 9.17) is 9.84 Å². The van der Waals surface area contributed by atoms with E-state index in [1.165, 1.54) is 5.56 Å². The van der Waals surface area contributed by atoms with Crippen molar-refractivity contribution in [2.24, 2.45) is 0 Å². The lowest BCUT2D eigenvalue weighted by Crippen LogP contribution is -2.10. The fourth-order valence-corrected chi connectivity index (χ4v) is 2.46. The van der Waals surface area contributed by atoms with Crippen molar-refractivity contribution in [3.63, 3.8) is 0 Å². The van der Waals surface area contributed by atoms with Crippen LogP contribution in [0.3, 0.4) is 0 Å². The average Bonchev–Trinajstić information content (AvgIpc) is 2.54. The Balaban J connectivity index is 1.88. The molecule has 3 rings (SSSR count). The first-order valence-corrected chi connectivity index (χ1v) is 7.74. The Kier molecular flexibility index (Phi) is 3.97. The van der Waals surface area contributed by atoms with Crippen molar-refractivity contribution in [2.45, 2.75) is 26.2 Å². The van der Waals surface area contributed by atoms with E-state index in [0.717, 1.165) is 16.5 Å². The summed E-state index contributed by atoms with van der Waals surface area (Å²) < 4.78 is 5.89. The van der Waals surface area contributed by atoms with Crippen LogP contribution in [0, 0.1) is 0 Å². The zero-order valence-electron chi connectivity index (χ0n) is 13.9. The van der Waals surface area contributed by atoms with Crippen LogP contribution in [0.1, 0.15) is 36.8 Å². The molecule has 0 fully saturated rings. The lowest BCUT2D eigenvalue weighted by Gasteiger charge is -2.19. The maximum Gasteiger partial charge on any atom is 0.354 e. The molecule has 0 amide bonds. The lowest BCUT2D eigenvalue weighted by molar-refractivity contribution is 0.0690. The molecule has 2 aromatic carbocycles. The molecule has 0 radical (unpaired) electrons. The number of nitrogens with zero attached hydrogens (tertiary/aromatic N) is 1. The Morgan fingerprint density at radius 3 is 2.25 bits per heavy atom. The number of pyridine rings is 1. The van der Waals surface area contributed by atoms with Crippen LogP contribution in [0.15, 0.2) is 54.7 Å². The number of hydrogen-bond donors (Lipinski definition) is 1. The van der Waals surface area contributed by atoms with Crippen molar-refractivity contribution >= 4 is 16.7 Å². The van der Waals surface area contributed by atoms with Crippen molar-refractivity contribution in [2.75, 3.05) is 0 Å². The maximum atomic E-state index is 11.0. The average molecular weight is 321 g/mol. The molecule has 0 aliphatic heterocycles. The molecule has 1 heterocycles. The Morgan fingerprint density at radius 2 is 1.62 bits per heavy atom. The van der Waals surface area contributed by atoms with Gasteiger partial charge < -0.3 is 9.84 Å². The van der Waals surface area contributed by atoms with Crippen LogP contribution in [0.5, 0.6) is 11.5 Å². The molecule has 1 aromatic heterocycles. The highest BCUT2D eigenvalue weighted by Gasteiger charge is 2.13. The van der Waals surface area contributed by atoms with E-state index in [0.29, 0.717) is 5.75 Å². The van der Waals surface area contributed by atoms with Gasteiger partial charge in [0, 0.05) is 11.6 Å². The van der Waals surface area contributed by atoms with E-state index in [-0.39, 0.29) is 11.1 Å². The number of ether oxygens (including phenoxy) is 1. The molecule has 1 N–H and O–H groups in total. The second kappa shape index (κ2) is 5.96. The number of fused-ring (bicyclic) bond motifs is 1. The molecule has 4 nitrogen and oxygen atoms in total. The van der Waals surface area contributed by atoms with Crippen LogP contribution < -0.4 is 4.74 Å². The van der Waals surface area contributed by atoms with Gasteiger partial charge in [0.15, 0.2) is 0 Å². The zero-order valence-corrected chi connectivity index (χ0v) is 13.9. The van der Waals surface area contributed by atoms with Crippen LogP contribution >= 0.6 is 0 Å². The summed E-state index contributed by atoms with van der Waals surface area (Å²) in [5, 5.41) is 10.7. The molecular formula is C20H19NO3. The predicted molar refractivity (Wildman–Crippen MR) is 93.9 cm³/mol. The van der Waals surface area contributed by atoms with Crippen LogP contribution in [-0.2, 0) is 5.41 Å². The highest BCUT2D eigenvalue weighted by Crippen LogP contribution is 2.28. The SMILES string of the molecule is CC(C)(C)c1ccc(Oc2ccc3cnc(C(=O)O)cc3c2)cc1. The first-order chi connectivity index (χ1) is 11.3. The van der Waals surface area contributed by atoms with E-state index in [2.05, 4.69) is 37.9 Å². The van der Waals surface area contributed by atoms with Gasteiger partial charge in [-0.15, -0.1) is 0 Å². The Morgan fingerprint density at radius 1 is 0.958 bits per heavy atom. The van der Waals surface area contributed by atoms with E-state index in [1.54, 1.807) is 12.3 Å². The van der Waals surface area contributed by atoms with Crippen LogP contribution in [0.25, 0.3) is 10.8 Å². The molecule has 0 bridgehead atoms. The van der Waals surface area contributed by atoms with E-state index >= 15 is 0 Å². The predicted octanol–water partition coefficient (Wildman–Crippen LogP) is 5.02. The third-order valence-electron chi connectivity index (χ3n) is 3.87. The van der Waals surface area contributed by atoms with Gasteiger partial charge in [-0.3, -0.25) is 0 Å². The first-order valence-electron chi connectivity index (χ1n) is 7.74. The molecule has 0 saturated heterocycles. The monoisotopic (exact) mass is 321 g/mol. The van der Waals surface area contributed by atoms with Gasteiger partial charge in [-0.2, -0.15) is 0 Å². The van der Waals surface area contributed by atoms with Gasteiger partial charge in [0.25, 0.3) is 0 Å².